The summed E-state index contributed by atoms with van der Waals surface area (Å²) in [6, 6.07) is 7.64. The summed E-state index contributed by atoms with van der Waals surface area (Å²) >= 11 is 1.49. The fourth-order valence-corrected chi connectivity index (χ4v) is 3.60. The van der Waals surface area contributed by atoms with Gasteiger partial charge in [-0.05, 0) is 25.0 Å². The molecule has 1 saturated heterocycles. The van der Waals surface area contributed by atoms with E-state index < -0.39 is 5.97 Å². The van der Waals surface area contributed by atoms with Crippen molar-refractivity contribution in [2.24, 2.45) is 0 Å². The van der Waals surface area contributed by atoms with Crippen LogP contribution in [0.4, 0.5) is 0 Å². The van der Waals surface area contributed by atoms with Gasteiger partial charge in [0.25, 0.3) is 0 Å². The van der Waals surface area contributed by atoms with Gasteiger partial charge in [-0.1, -0.05) is 18.2 Å². The van der Waals surface area contributed by atoms with Crippen LogP contribution in [0.15, 0.2) is 29.2 Å². The molecule has 0 radical (unpaired) electrons. The lowest BCUT2D eigenvalue weighted by Gasteiger charge is -2.23. The molecule has 0 aliphatic carbocycles. The van der Waals surface area contributed by atoms with Crippen molar-refractivity contribution in [3.63, 3.8) is 0 Å². The molecule has 120 valence electrons. The van der Waals surface area contributed by atoms with Crippen molar-refractivity contribution >= 4 is 23.6 Å². The number of thioether (sulfide) groups is 1. The van der Waals surface area contributed by atoms with Gasteiger partial charge in [0.2, 0.25) is 5.91 Å². The van der Waals surface area contributed by atoms with Crippen LogP contribution in [0.2, 0.25) is 0 Å². The van der Waals surface area contributed by atoms with Gasteiger partial charge in [0, 0.05) is 24.6 Å². The average molecular weight is 323 g/mol. The highest BCUT2D eigenvalue weighted by Crippen LogP contribution is 2.26. The van der Waals surface area contributed by atoms with E-state index in [9.17, 15) is 9.59 Å². The van der Waals surface area contributed by atoms with Crippen molar-refractivity contribution in [1.82, 2.24) is 4.90 Å². The first-order chi connectivity index (χ1) is 10.5. The number of carbonyl (C=O) groups is 2. The van der Waals surface area contributed by atoms with E-state index in [1.54, 1.807) is 12.0 Å². The monoisotopic (exact) mass is 323 g/mol. The van der Waals surface area contributed by atoms with Crippen molar-refractivity contribution < 1.29 is 19.4 Å². The van der Waals surface area contributed by atoms with E-state index >= 15 is 0 Å². The first-order valence-electron chi connectivity index (χ1n) is 7.23. The molecule has 1 amide bonds. The van der Waals surface area contributed by atoms with Crippen molar-refractivity contribution in [1.29, 1.82) is 0 Å². The number of carboxylic acid groups (broad SMARTS) is 1. The Hall–Kier alpha value is -1.53. The molecule has 6 heteroatoms. The lowest BCUT2D eigenvalue weighted by Crippen LogP contribution is -2.38. The van der Waals surface area contributed by atoms with Gasteiger partial charge in [0.05, 0.1) is 18.3 Å². The quantitative estimate of drug-likeness (QED) is 0.813. The number of carboxylic acids is 1. The summed E-state index contributed by atoms with van der Waals surface area (Å²) in [5.41, 5.74) is 1.14. The number of carbonyl (C=O) groups excluding carboxylic acids is 1. The molecule has 1 N–H and O–H groups in total. The standard InChI is InChI=1S/C16H21NO4S/c1-11-5-3-4-6-14(11)22-10-15(18)17-9-13(21-2)7-12(17)8-16(19)20/h3-6,12-13H,7-10H2,1-2H3,(H,19,20). The second-order valence-electron chi connectivity index (χ2n) is 5.45. The average Bonchev–Trinajstić information content (AvgIpc) is 2.88. The number of nitrogens with zero attached hydrogens (tertiary/aromatic N) is 1. The summed E-state index contributed by atoms with van der Waals surface area (Å²) in [6.45, 7) is 2.48. The van der Waals surface area contributed by atoms with Crippen molar-refractivity contribution in [2.45, 2.75) is 36.8 Å². The van der Waals surface area contributed by atoms with Crippen LogP contribution in [-0.4, -0.2) is 53.4 Å². The molecule has 1 heterocycles. The molecular weight excluding hydrogens is 302 g/mol. The molecule has 2 unspecified atom stereocenters. The Balaban J connectivity index is 1.97. The zero-order valence-electron chi connectivity index (χ0n) is 12.8. The molecule has 2 atom stereocenters. The van der Waals surface area contributed by atoms with Crippen LogP contribution in [-0.2, 0) is 14.3 Å². The third-order valence-corrected chi connectivity index (χ3v) is 5.05. The minimum atomic E-state index is -0.883. The third kappa shape index (κ3) is 4.24. The number of benzene rings is 1. The third-order valence-electron chi connectivity index (χ3n) is 3.88. The summed E-state index contributed by atoms with van der Waals surface area (Å²) in [6.07, 6.45) is 0.487. The maximum absolute atomic E-state index is 12.4. The van der Waals surface area contributed by atoms with E-state index in [2.05, 4.69) is 0 Å². The van der Waals surface area contributed by atoms with Crippen LogP contribution in [0, 0.1) is 6.92 Å². The Morgan fingerprint density at radius 2 is 2.14 bits per heavy atom. The number of aryl methyl sites for hydroxylation is 1. The van der Waals surface area contributed by atoms with Gasteiger partial charge in [-0.15, -0.1) is 11.8 Å². The van der Waals surface area contributed by atoms with Crippen molar-refractivity contribution in [3.05, 3.63) is 29.8 Å². The fourth-order valence-electron chi connectivity index (χ4n) is 2.69. The van der Waals surface area contributed by atoms with Gasteiger partial charge >= 0.3 is 5.97 Å². The Kier molecular flexibility index (Phi) is 5.85. The van der Waals surface area contributed by atoms with Gasteiger partial charge in [0.1, 0.15) is 0 Å². The van der Waals surface area contributed by atoms with Crippen LogP contribution < -0.4 is 0 Å². The fraction of sp³-hybridized carbons (Fsp3) is 0.500. The molecular formula is C16H21NO4S. The van der Waals surface area contributed by atoms with E-state index in [-0.39, 0.29) is 24.5 Å². The van der Waals surface area contributed by atoms with Gasteiger partial charge in [-0.2, -0.15) is 0 Å². The highest BCUT2D eigenvalue weighted by molar-refractivity contribution is 8.00. The molecule has 22 heavy (non-hydrogen) atoms. The molecule has 0 saturated carbocycles. The van der Waals surface area contributed by atoms with Crippen LogP contribution in [0.25, 0.3) is 0 Å². The number of methoxy groups -OCH3 is 1. The van der Waals surface area contributed by atoms with Crippen LogP contribution in [0.3, 0.4) is 0 Å². The number of aliphatic carboxylic acids is 1. The SMILES string of the molecule is COC1CC(CC(=O)O)N(C(=O)CSc2ccccc2C)C1. The summed E-state index contributed by atoms with van der Waals surface area (Å²) in [4.78, 5) is 26.1. The molecule has 0 bridgehead atoms. The molecule has 0 aromatic heterocycles. The predicted molar refractivity (Wildman–Crippen MR) is 85.1 cm³/mol. The Labute approximate surface area is 134 Å². The van der Waals surface area contributed by atoms with Crippen LogP contribution in [0.5, 0.6) is 0 Å². The van der Waals surface area contributed by atoms with Gasteiger partial charge in [-0.25, -0.2) is 0 Å². The van der Waals surface area contributed by atoms with E-state index in [0.717, 1.165) is 10.5 Å². The number of ether oxygens (including phenoxy) is 1. The normalized spacial score (nSPS) is 21.1. The van der Waals surface area contributed by atoms with Gasteiger partial charge in [-0.3, -0.25) is 9.59 Å². The second-order valence-corrected chi connectivity index (χ2v) is 6.46. The number of hydrogen-bond acceptors (Lipinski definition) is 4. The highest BCUT2D eigenvalue weighted by atomic mass is 32.2. The molecule has 1 fully saturated rings. The molecule has 5 nitrogen and oxygen atoms in total. The molecule has 1 aromatic carbocycles. The molecule has 1 aliphatic rings. The number of rotatable bonds is 6. The lowest BCUT2D eigenvalue weighted by molar-refractivity contribution is -0.139. The van der Waals surface area contributed by atoms with Crippen LogP contribution >= 0.6 is 11.8 Å². The van der Waals surface area contributed by atoms with E-state index in [4.69, 9.17) is 9.84 Å². The minimum Gasteiger partial charge on any atom is -0.481 e. The lowest BCUT2D eigenvalue weighted by atomic mass is 10.1. The predicted octanol–water partition coefficient (Wildman–Crippen LogP) is 2.18. The van der Waals surface area contributed by atoms with E-state index in [1.807, 2.05) is 31.2 Å². The summed E-state index contributed by atoms with van der Waals surface area (Å²) in [7, 11) is 1.60. The second kappa shape index (κ2) is 7.65. The van der Waals surface area contributed by atoms with Crippen LogP contribution in [0.1, 0.15) is 18.4 Å². The number of likely N-dealkylation sites (tertiary alicyclic amines) is 1. The molecule has 2 rings (SSSR count). The van der Waals surface area contributed by atoms with Crippen molar-refractivity contribution in [3.8, 4) is 0 Å². The van der Waals surface area contributed by atoms with Gasteiger partial charge < -0.3 is 14.7 Å². The molecule has 1 aromatic rings. The van der Waals surface area contributed by atoms with E-state index in [0.29, 0.717) is 18.7 Å². The Morgan fingerprint density at radius 1 is 1.41 bits per heavy atom. The summed E-state index contributed by atoms with van der Waals surface area (Å²) < 4.78 is 5.29. The number of amides is 1. The first-order valence-corrected chi connectivity index (χ1v) is 8.22. The Morgan fingerprint density at radius 3 is 2.77 bits per heavy atom. The maximum Gasteiger partial charge on any atom is 0.305 e. The van der Waals surface area contributed by atoms with E-state index in [1.165, 1.54) is 11.8 Å². The highest BCUT2D eigenvalue weighted by Gasteiger charge is 2.36. The zero-order chi connectivity index (χ0) is 16.1. The maximum atomic E-state index is 12.4. The summed E-state index contributed by atoms with van der Waals surface area (Å²) in [5.74, 6) is -0.595. The zero-order valence-corrected chi connectivity index (χ0v) is 13.6. The number of hydrogen-bond donors (Lipinski definition) is 1. The van der Waals surface area contributed by atoms with Crippen molar-refractivity contribution in [2.75, 3.05) is 19.4 Å². The topological polar surface area (TPSA) is 66.8 Å². The Bertz CT molecular complexity index is 549. The molecule has 0 spiro atoms. The first kappa shape index (κ1) is 16.8. The minimum absolute atomic E-state index is 0.0272. The largest absolute Gasteiger partial charge is 0.481 e. The smallest absolute Gasteiger partial charge is 0.305 e. The van der Waals surface area contributed by atoms with Gasteiger partial charge in [0.15, 0.2) is 0 Å². The molecule has 1 aliphatic heterocycles. The summed E-state index contributed by atoms with van der Waals surface area (Å²) in [5, 5.41) is 8.99.